The van der Waals surface area contributed by atoms with Crippen molar-refractivity contribution in [1.29, 1.82) is 0 Å². The quantitative estimate of drug-likeness (QED) is 0.347. The Kier molecular flexibility index (Phi) is 4.43. The number of nitrogens with one attached hydrogen (secondary N) is 1. The van der Waals surface area contributed by atoms with E-state index in [1.54, 1.807) is 12.4 Å². The molecule has 7 nitrogen and oxygen atoms in total. The van der Waals surface area contributed by atoms with E-state index in [0.717, 1.165) is 40.8 Å². The Morgan fingerprint density at radius 1 is 1.18 bits per heavy atom. The Balaban J connectivity index is 1.37. The highest BCUT2D eigenvalue weighted by atomic mass is 31.0. The number of halogens is 2. The number of β-lactam (4-membered cyclic amide) rings is 1. The minimum absolute atomic E-state index is 0.0677. The lowest BCUT2D eigenvalue weighted by molar-refractivity contribution is -0.131. The summed E-state index contributed by atoms with van der Waals surface area (Å²) in [4.78, 5) is 30.9. The molecule has 2 aliphatic rings. The first-order valence-corrected chi connectivity index (χ1v) is 11.3. The largest absolute Gasteiger partial charge is 0.345 e. The fourth-order valence-electron chi connectivity index (χ4n) is 4.75. The molecule has 1 aliphatic heterocycles. The number of nitrogens with zero attached hydrogens (tertiary/aromatic N) is 5. The van der Waals surface area contributed by atoms with E-state index >= 15 is 0 Å². The number of fused-ring (bicyclic) bond motifs is 1. The van der Waals surface area contributed by atoms with Crippen molar-refractivity contribution in [1.82, 2.24) is 24.5 Å². The van der Waals surface area contributed by atoms with E-state index in [0.29, 0.717) is 11.7 Å². The lowest BCUT2D eigenvalue weighted by Crippen LogP contribution is -2.56. The fourth-order valence-corrected chi connectivity index (χ4v) is 4.90. The van der Waals surface area contributed by atoms with Crippen molar-refractivity contribution in [3.8, 4) is 5.82 Å². The summed E-state index contributed by atoms with van der Waals surface area (Å²) in [5.41, 5.74) is 0.825. The average Bonchev–Trinajstić information content (AvgIpc) is 3.25. The molecule has 2 unspecified atom stereocenters. The number of hydrogen-bond donors (Lipinski definition) is 1. The van der Waals surface area contributed by atoms with Gasteiger partial charge < -0.3 is 9.88 Å². The van der Waals surface area contributed by atoms with Crippen molar-refractivity contribution in [2.45, 2.75) is 31.5 Å². The molecule has 3 atom stereocenters. The summed E-state index contributed by atoms with van der Waals surface area (Å²) in [5, 5.41) is 0. The van der Waals surface area contributed by atoms with E-state index in [-0.39, 0.29) is 23.6 Å². The molecule has 1 aromatic carbocycles. The first-order chi connectivity index (χ1) is 15.8. The number of hydrogen-bond acceptors (Lipinski definition) is 4. The molecular weight excluding hydrogens is 445 g/mol. The molecule has 168 valence electrons. The van der Waals surface area contributed by atoms with Gasteiger partial charge in [-0.15, -0.1) is 0 Å². The summed E-state index contributed by atoms with van der Waals surface area (Å²) in [6, 6.07) is 9.41. The third-order valence-electron chi connectivity index (χ3n) is 6.57. The molecule has 3 aromatic heterocycles. The SMILES string of the molecule is Cc1nc(-n2cnc(C(F)(F)P)c2)ccc1[C@@H]1C(C2CC2)C(=O)N1c1ccc2[nH]cnc2c1. The number of amides is 1. The zero-order valence-electron chi connectivity index (χ0n) is 17.7. The van der Waals surface area contributed by atoms with E-state index in [9.17, 15) is 13.6 Å². The highest BCUT2D eigenvalue weighted by molar-refractivity contribution is 7.17. The van der Waals surface area contributed by atoms with Crippen LogP contribution in [0.15, 0.2) is 49.2 Å². The minimum atomic E-state index is -3.10. The Morgan fingerprint density at radius 3 is 2.70 bits per heavy atom. The summed E-state index contributed by atoms with van der Waals surface area (Å²) in [7, 11) is 1.49. The van der Waals surface area contributed by atoms with Gasteiger partial charge in [0.15, 0.2) is 0 Å². The summed E-state index contributed by atoms with van der Waals surface area (Å²) in [6.45, 7) is 1.89. The van der Waals surface area contributed by atoms with Crippen LogP contribution in [0.5, 0.6) is 0 Å². The Bertz CT molecular complexity index is 1390. The Morgan fingerprint density at radius 2 is 2.00 bits per heavy atom. The molecule has 1 saturated heterocycles. The number of benzene rings is 1. The summed E-state index contributed by atoms with van der Waals surface area (Å²) in [6.07, 6.45) is 6.37. The molecule has 0 radical (unpaired) electrons. The maximum atomic E-state index is 13.6. The Labute approximate surface area is 190 Å². The molecule has 33 heavy (non-hydrogen) atoms. The van der Waals surface area contributed by atoms with Crippen LogP contribution in [0, 0.1) is 18.8 Å². The number of carbonyl (C=O) groups excluding carboxylic acids is 1. The van der Waals surface area contributed by atoms with Gasteiger partial charge in [0, 0.05) is 17.6 Å². The number of aromatic nitrogens is 5. The third-order valence-corrected chi connectivity index (χ3v) is 6.87. The van der Waals surface area contributed by atoms with Crippen LogP contribution in [0.2, 0.25) is 0 Å². The monoisotopic (exact) mass is 466 g/mol. The number of imidazole rings is 2. The van der Waals surface area contributed by atoms with Crippen molar-refractivity contribution >= 4 is 31.9 Å². The lowest BCUT2D eigenvalue weighted by Gasteiger charge is -2.48. The smallest absolute Gasteiger partial charge is 0.301 e. The highest BCUT2D eigenvalue weighted by Gasteiger charge is 2.55. The fraction of sp³-hybridized carbons (Fsp3) is 0.304. The van der Waals surface area contributed by atoms with Gasteiger partial charge in [-0.3, -0.25) is 9.36 Å². The normalized spacial score (nSPS) is 21.0. The second-order valence-corrected chi connectivity index (χ2v) is 9.48. The van der Waals surface area contributed by atoms with Crippen molar-refractivity contribution in [3.63, 3.8) is 0 Å². The van der Waals surface area contributed by atoms with Gasteiger partial charge >= 0.3 is 5.66 Å². The molecule has 4 aromatic rings. The van der Waals surface area contributed by atoms with Crippen molar-refractivity contribution < 1.29 is 13.6 Å². The number of carbonyl (C=O) groups is 1. The number of pyridine rings is 1. The molecule has 2 fully saturated rings. The van der Waals surface area contributed by atoms with Crippen LogP contribution in [-0.4, -0.2) is 30.4 Å². The zero-order valence-corrected chi connectivity index (χ0v) is 18.9. The van der Waals surface area contributed by atoms with Crippen LogP contribution in [0.25, 0.3) is 16.9 Å². The number of aryl methyl sites for hydroxylation is 1. The first kappa shape index (κ1) is 20.4. The van der Waals surface area contributed by atoms with Crippen LogP contribution < -0.4 is 4.90 Å². The van der Waals surface area contributed by atoms with E-state index in [2.05, 4.69) is 19.9 Å². The molecular formula is C23H21F2N6OP. The van der Waals surface area contributed by atoms with Gasteiger partial charge in [0.1, 0.15) is 17.8 Å². The molecule has 1 aliphatic carbocycles. The number of rotatable bonds is 5. The van der Waals surface area contributed by atoms with Crippen LogP contribution in [0.3, 0.4) is 0 Å². The number of H-pyrrole nitrogens is 1. The summed E-state index contributed by atoms with van der Waals surface area (Å²) < 4.78 is 28.6. The molecule has 6 rings (SSSR count). The van der Waals surface area contributed by atoms with Gasteiger partial charge in [0.2, 0.25) is 5.91 Å². The van der Waals surface area contributed by atoms with Gasteiger partial charge in [0.25, 0.3) is 0 Å². The molecule has 4 heterocycles. The van der Waals surface area contributed by atoms with Crippen molar-refractivity contribution in [2.24, 2.45) is 11.8 Å². The summed E-state index contributed by atoms with van der Waals surface area (Å²) in [5.74, 6) is 0.958. The van der Waals surface area contributed by atoms with Crippen LogP contribution >= 0.6 is 9.24 Å². The predicted molar refractivity (Wildman–Crippen MR) is 122 cm³/mol. The second kappa shape index (κ2) is 7.15. The Hall–Kier alpha value is -3.19. The van der Waals surface area contributed by atoms with E-state index in [1.807, 2.05) is 36.1 Å². The average molecular weight is 466 g/mol. The standard InChI is InChI=1S/C23H21F2N6OP/c1-12-15(5-7-19(29-12)30-9-18(28-11-30)23(24,25)33)21-20(13-2-3-13)22(32)31(21)14-4-6-16-17(8-14)27-10-26-16/h4-11,13,20-21H,2-3,33H2,1H3,(H,26,27)/t20?,21-/m1/s1. The zero-order chi connectivity index (χ0) is 22.9. The van der Waals surface area contributed by atoms with Crippen molar-refractivity contribution in [2.75, 3.05) is 4.90 Å². The number of alkyl halides is 2. The third kappa shape index (κ3) is 3.33. The van der Waals surface area contributed by atoms with Gasteiger partial charge in [-0.2, -0.15) is 8.78 Å². The molecule has 1 saturated carbocycles. The summed E-state index contributed by atoms with van der Waals surface area (Å²) >= 11 is 0. The second-order valence-electron chi connectivity index (χ2n) is 8.75. The van der Waals surface area contributed by atoms with Crippen LogP contribution in [-0.2, 0) is 10.5 Å². The van der Waals surface area contributed by atoms with E-state index < -0.39 is 5.66 Å². The van der Waals surface area contributed by atoms with Crippen LogP contribution in [0.4, 0.5) is 14.5 Å². The van der Waals surface area contributed by atoms with Gasteiger partial charge in [0.05, 0.1) is 29.3 Å². The lowest BCUT2D eigenvalue weighted by atomic mass is 9.78. The van der Waals surface area contributed by atoms with Gasteiger partial charge in [-0.1, -0.05) is 15.3 Å². The number of anilines is 1. The molecule has 1 N–H and O–H groups in total. The van der Waals surface area contributed by atoms with E-state index in [1.165, 1.54) is 26.3 Å². The maximum absolute atomic E-state index is 13.6. The van der Waals surface area contributed by atoms with Crippen molar-refractivity contribution in [3.05, 3.63) is 66.1 Å². The molecule has 10 heteroatoms. The topological polar surface area (TPSA) is 79.7 Å². The predicted octanol–water partition coefficient (Wildman–Crippen LogP) is 4.49. The first-order valence-electron chi connectivity index (χ1n) is 10.8. The van der Waals surface area contributed by atoms with E-state index in [4.69, 9.17) is 0 Å². The van der Waals surface area contributed by atoms with Crippen LogP contribution in [0.1, 0.15) is 35.8 Å². The maximum Gasteiger partial charge on any atom is 0.301 e. The molecule has 0 bridgehead atoms. The minimum Gasteiger partial charge on any atom is -0.345 e. The van der Waals surface area contributed by atoms with Gasteiger partial charge in [-0.25, -0.2) is 15.0 Å². The number of aromatic amines is 1. The van der Waals surface area contributed by atoms with Gasteiger partial charge in [-0.05, 0) is 55.5 Å². The molecule has 1 amide bonds. The highest BCUT2D eigenvalue weighted by Crippen LogP contribution is 2.54. The molecule has 0 spiro atoms.